The molecule has 21 heavy (non-hydrogen) atoms. The van der Waals surface area contributed by atoms with Crippen LogP contribution in [-0.2, 0) is 4.79 Å². The molecule has 0 heterocycles. The Bertz CT molecular complexity index is 581. The van der Waals surface area contributed by atoms with Crippen molar-refractivity contribution in [2.75, 3.05) is 0 Å². The van der Waals surface area contributed by atoms with Gasteiger partial charge < -0.3 is 0 Å². The highest BCUT2D eigenvalue weighted by atomic mass is 16.1. The molecule has 4 rings (SSSR count). The molecule has 2 saturated carbocycles. The van der Waals surface area contributed by atoms with Gasteiger partial charge in [-0.25, -0.2) is 0 Å². The van der Waals surface area contributed by atoms with Crippen LogP contribution < -0.4 is 0 Å². The third-order valence-corrected chi connectivity index (χ3v) is 7.03. The Balaban J connectivity index is 1.69. The van der Waals surface area contributed by atoms with Crippen LogP contribution in [0.3, 0.4) is 0 Å². The first-order valence-corrected chi connectivity index (χ1v) is 8.46. The van der Waals surface area contributed by atoms with Gasteiger partial charge in [-0.2, -0.15) is 5.26 Å². The van der Waals surface area contributed by atoms with Gasteiger partial charge in [0.25, 0.3) is 0 Å². The lowest BCUT2D eigenvalue weighted by Crippen LogP contribution is -2.44. The smallest absolute Gasteiger partial charge is 0.155 e. The van der Waals surface area contributed by atoms with E-state index < -0.39 is 0 Å². The van der Waals surface area contributed by atoms with Crippen LogP contribution in [0, 0.1) is 46.3 Å². The molecule has 0 aliphatic heterocycles. The van der Waals surface area contributed by atoms with E-state index >= 15 is 0 Å². The second kappa shape index (κ2) is 4.57. The van der Waals surface area contributed by atoms with E-state index in [-0.39, 0.29) is 11.3 Å². The molecule has 0 N–H and O–H groups in total. The van der Waals surface area contributed by atoms with Gasteiger partial charge in [-0.15, -0.1) is 0 Å². The lowest BCUT2D eigenvalue weighted by atomic mass is 9.53. The summed E-state index contributed by atoms with van der Waals surface area (Å²) in [6, 6.07) is 2.58. The van der Waals surface area contributed by atoms with Gasteiger partial charge in [0.05, 0.1) is 12.0 Å². The molecule has 4 aliphatic carbocycles. The first kappa shape index (κ1) is 13.3. The molecule has 0 amide bonds. The Morgan fingerprint density at radius 2 is 2.14 bits per heavy atom. The minimum Gasteiger partial charge on any atom is -0.295 e. The molecule has 2 nitrogen and oxygen atoms in total. The summed E-state index contributed by atoms with van der Waals surface area (Å²) in [6.45, 7) is 2.36. The van der Waals surface area contributed by atoms with Crippen LogP contribution >= 0.6 is 0 Å². The van der Waals surface area contributed by atoms with Gasteiger partial charge in [0.15, 0.2) is 5.78 Å². The van der Waals surface area contributed by atoms with Gasteiger partial charge in [-0.3, -0.25) is 4.79 Å². The summed E-state index contributed by atoms with van der Waals surface area (Å²) in [4.78, 5) is 11.6. The van der Waals surface area contributed by atoms with Crippen molar-refractivity contribution < 1.29 is 4.79 Å². The van der Waals surface area contributed by atoms with Gasteiger partial charge in [-0.05, 0) is 72.8 Å². The zero-order valence-corrected chi connectivity index (χ0v) is 12.7. The van der Waals surface area contributed by atoms with Gasteiger partial charge in [0.2, 0.25) is 0 Å². The second-order valence-corrected chi connectivity index (χ2v) is 7.77. The SMILES string of the molecule is C[C@]12CC[C@H]3[C@@H](C=CC4=CC(=O)CC[C@@H]43)[C@@H]1CC[C@@H]2C#N. The highest BCUT2D eigenvalue weighted by Gasteiger charge is 2.55. The molecule has 0 saturated heterocycles. The Morgan fingerprint density at radius 3 is 2.95 bits per heavy atom. The number of rotatable bonds is 0. The predicted molar refractivity (Wildman–Crippen MR) is 81.1 cm³/mol. The quantitative estimate of drug-likeness (QED) is 0.672. The number of fused-ring (bicyclic) bond motifs is 5. The van der Waals surface area contributed by atoms with E-state index in [0.29, 0.717) is 29.5 Å². The van der Waals surface area contributed by atoms with Gasteiger partial charge in [0.1, 0.15) is 0 Å². The normalized spacial score (nSPS) is 47.9. The summed E-state index contributed by atoms with van der Waals surface area (Å²) in [5.74, 6) is 3.18. The highest BCUT2D eigenvalue weighted by molar-refractivity contribution is 5.91. The maximum Gasteiger partial charge on any atom is 0.155 e. The van der Waals surface area contributed by atoms with E-state index in [1.165, 1.54) is 24.8 Å². The average molecular weight is 281 g/mol. The molecule has 0 unspecified atom stereocenters. The zero-order chi connectivity index (χ0) is 14.6. The average Bonchev–Trinajstić information content (AvgIpc) is 2.83. The molecule has 0 spiro atoms. The lowest BCUT2D eigenvalue weighted by molar-refractivity contribution is -0.115. The third-order valence-electron chi connectivity index (χ3n) is 7.03. The molecule has 0 aromatic heterocycles. The molecule has 4 aliphatic rings. The summed E-state index contributed by atoms with van der Waals surface area (Å²) in [6.07, 6.45) is 13.0. The lowest BCUT2D eigenvalue weighted by Gasteiger charge is -2.51. The summed E-state index contributed by atoms with van der Waals surface area (Å²) in [5, 5.41) is 9.47. The number of carbonyl (C=O) groups is 1. The standard InChI is InChI=1S/C19H23NO/c1-19-9-8-16-15-6-4-14(21)10-12(15)2-5-17(16)18(19)7-3-13(19)11-20/h2,5,10,13,15-18H,3-4,6-9H2,1H3/t13-,15+,16-,17-,18+,19-/m1/s1. The zero-order valence-electron chi connectivity index (χ0n) is 12.7. The fraction of sp³-hybridized carbons (Fsp3) is 0.684. The van der Waals surface area contributed by atoms with Crippen LogP contribution in [0.4, 0.5) is 0 Å². The van der Waals surface area contributed by atoms with Gasteiger partial charge in [-0.1, -0.05) is 19.1 Å². The number of nitriles is 1. The van der Waals surface area contributed by atoms with E-state index in [1.54, 1.807) is 0 Å². The van der Waals surface area contributed by atoms with Crippen molar-refractivity contribution in [1.29, 1.82) is 5.26 Å². The van der Waals surface area contributed by atoms with Gasteiger partial charge >= 0.3 is 0 Å². The van der Waals surface area contributed by atoms with Crippen LogP contribution in [0.15, 0.2) is 23.8 Å². The van der Waals surface area contributed by atoms with E-state index in [0.717, 1.165) is 19.3 Å². The predicted octanol–water partition coefficient (Wildman–Crippen LogP) is 4.04. The van der Waals surface area contributed by atoms with Crippen LogP contribution in [0.2, 0.25) is 0 Å². The number of nitrogens with zero attached hydrogens (tertiary/aromatic N) is 1. The second-order valence-electron chi connectivity index (χ2n) is 7.77. The number of hydrogen-bond donors (Lipinski definition) is 0. The molecule has 0 aromatic rings. The van der Waals surface area contributed by atoms with Crippen LogP contribution in [0.25, 0.3) is 0 Å². The largest absolute Gasteiger partial charge is 0.295 e. The number of carbonyl (C=O) groups excluding carboxylic acids is 1. The monoisotopic (exact) mass is 281 g/mol. The summed E-state index contributed by atoms with van der Waals surface area (Å²) < 4.78 is 0. The third kappa shape index (κ3) is 1.79. The molecule has 0 bridgehead atoms. The van der Waals surface area contributed by atoms with Crippen molar-refractivity contribution in [3.8, 4) is 6.07 Å². The van der Waals surface area contributed by atoms with Crippen LogP contribution in [0.5, 0.6) is 0 Å². The Hall–Kier alpha value is -1.36. The maximum atomic E-state index is 11.6. The van der Waals surface area contributed by atoms with E-state index in [4.69, 9.17) is 0 Å². The molecule has 6 atom stereocenters. The number of ketones is 1. The fourth-order valence-corrected chi connectivity index (χ4v) is 5.87. The van der Waals surface area contributed by atoms with E-state index in [9.17, 15) is 10.1 Å². The molecule has 110 valence electrons. The summed E-state index contributed by atoms with van der Waals surface area (Å²) in [7, 11) is 0. The summed E-state index contributed by atoms with van der Waals surface area (Å²) >= 11 is 0. The van der Waals surface area contributed by atoms with E-state index in [1.807, 2.05) is 6.08 Å². The Morgan fingerprint density at radius 1 is 1.29 bits per heavy atom. The minimum absolute atomic E-state index is 0.228. The molecule has 2 fully saturated rings. The maximum absolute atomic E-state index is 11.6. The van der Waals surface area contributed by atoms with Crippen molar-refractivity contribution in [3.63, 3.8) is 0 Å². The van der Waals surface area contributed by atoms with Crippen LogP contribution in [0.1, 0.15) is 45.4 Å². The topological polar surface area (TPSA) is 40.9 Å². The number of allylic oxidation sites excluding steroid dienone is 4. The van der Waals surface area contributed by atoms with Crippen molar-refractivity contribution in [2.24, 2.45) is 35.0 Å². The first-order chi connectivity index (χ1) is 10.1. The molecule has 2 heteroatoms. The van der Waals surface area contributed by atoms with Crippen molar-refractivity contribution in [3.05, 3.63) is 23.8 Å². The summed E-state index contributed by atoms with van der Waals surface area (Å²) in [5.41, 5.74) is 1.51. The Labute approximate surface area is 126 Å². The fourth-order valence-electron chi connectivity index (χ4n) is 5.87. The van der Waals surface area contributed by atoms with Gasteiger partial charge in [0, 0.05) is 6.42 Å². The highest BCUT2D eigenvalue weighted by Crippen LogP contribution is 2.62. The molecular weight excluding hydrogens is 258 g/mol. The van der Waals surface area contributed by atoms with Crippen molar-refractivity contribution in [1.82, 2.24) is 0 Å². The minimum atomic E-state index is 0.228. The van der Waals surface area contributed by atoms with Crippen molar-refractivity contribution >= 4 is 5.78 Å². The number of hydrogen-bond acceptors (Lipinski definition) is 2. The van der Waals surface area contributed by atoms with Crippen LogP contribution in [-0.4, -0.2) is 5.78 Å². The van der Waals surface area contributed by atoms with E-state index in [2.05, 4.69) is 25.1 Å². The molecular formula is C19H23NO. The Kier molecular flexibility index (Phi) is 2.89. The molecule has 0 aromatic carbocycles. The molecule has 0 radical (unpaired) electrons. The first-order valence-electron chi connectivity index (χ1n) is 8.46. The van der Waals surface area contributed by atoms with Crippen molar-refractivity contribution in [2.45, 2.75) is 45.4 Å².